The molecule has 1 unspecified atom stereocenters. The van der Waals surface area contributed by atoms with Gasteiger partial charge in [-0.3, -0.25) is 0 Å². The van der Waals surface area contributed by atoms with E-state index in [1.54, 1.807) is 24.3 Å². The number of ether oxygens (including phenoxy) is 1. The van der Waals surface area contributed by atoms with Crippen LogP contribution in [0.15, 0.2) is 48.5 Å². The molecule has 8 heteroatoms. The lowest BCUT2D eigenvalue weighted by molar-refractivity contribution is -0.134. The predicted molar refractivity (Wildman–Crippen MR) is 118 cm³/mol. The van der Waals surface area contributed by atoms with Crippen molar-refractivity contribution in [2.45, 2.75) is 44.7 Å². The molecule has 0 aliphatic rings. The first-order chi connectivity index (χ1) is 16.1. The van der Waals surface area contributed by atoms with Crippen LogP contribution >= 0.6 is 0 Å². The van der Waals surface area contributed by atoms with E-state index in [-0.39, 0.29) is 22.4 Å². The molecule has 0 fully saturated rings. The average molecular weight is 480 g/mol. The number of benzene rings is 3. The fraction of sp³-hybridized carbons (Fsp3) is 0.308. The van der Waals surface area contributed by atoms with Crippen molar-refractivity contribution in [2.75, 3.05) is 7.11 Å². The van der Waals surface area contributed by atoms with Crippen LogP contribution in [0.3, 0.4) is 0 Å². The monoisotopic (exact) mass is 480 g/mol. The number of para-hydroxylation sites is 1. The molecule has 0 radical (unpaired) electrons. The molecule has 0 saturated heterocycles. The van der Waals surface area contributed by atoms with Crippen molar-refractivity contribution < 1.29 is 36.9 Å². The number of phenols is 2. The second-order valence-electron chi connectivity index (χ2n) is 8.05. The van der Waals surface area contributed by atoms with Crippen molar-refractivity contribution in [2.24, 2.45) is 0 Å². The molecule has 3 aromatic rings. The third-order valence-corrected chi connectivity index (χ3v) is 5.66. The molecule has 0 saturated carbocycles. The molecule has 182 valence electrons. The van der Waals surface area contributed by atoms with E-state index in [1.165, 1.54) is 13.2 Å². The largest absolute Gasteiger partial charge is 0.508 e. The molecule has 0 spiro atoms. The van der Waals surface area contributed by atoms with Crippen LogP contribution < -0.4 is 4.74 Å². The van der Waals surface area contributed by atoms with Gasteiger partial charge in [-0.1, -0.05) is 31.5 Å². The van der Waals surface area contributed by atoms with Crippen LogP contribution in [-0.4, -0.2) is 23.5 Å². The molecule has 0 amide bonds. The summed E-state index contributed by atoms with van der Waals surface area (Å²) in [4.78, 5) is 0. The zero-order valence-corrected chi connectivity index (χ0v) is 18.7. The van der Waals surface area contributed by atoms with E-state index in [0.29, 0.717) is 29.7 Å². The molecule has 34 heavy (non-hydrogen) atoms. The van der Waals surface area contributed by atoms with E-state index < -0.39 is 42.3 Å². The van der Waals surface area contributed by atoms with Gasteiger partial charge >= 0.3 is 6.18 Å². The third-order valence-electron chi connectivity index (χ3n) is 5.66. The number of rotatable bonds is 8. The Labute approximate surface area is 194 Å². The normalized spacial score (nSPS) is 12.6. The van der Waals surface area contributed by atoms with Crippen molar-refractivity contribution in [3.63, 3.8) is 0 Å². The number of methoxy groups -OCH3 is 1. The van der Waals surface area contributed by atoms with Gasteiger partial charge in [0.25, 0.3) is 0 Å². The van der Waals surface area contributed by atoms with Crippen LogP contribution in [0, 0.1) is 11.6 Å². The van der Waals surface area contributed by atoms with Crippen molar-refractivity contribution >= 4 is 0 Å². The fourth-order valence-electron chi connectivity index (χ4n) is 4.04. The highest BCUT2D eigenvalue weighted by Crippen LogP contribution is 2.45. The molecule has 0 aliphatic heterocycles. The number of alkyl halides is 3. The summed E-state index contributed by atoms with van der Waals surface area (Å²) in [7, 11) is 1.40. The summed E-state index contributed by atoms with van der Waals surface area (Å²) in [5.41, 5.74) is 0.419. The van der Waals surface area contributed by atoms with Crippen molar-refractivity contribution in [3.05, 3.63) is 88.0 Å². The molecular formula is C26H25F5O3. The van der Waals surface area contributed by atoms with Gasteiger partial charge in [0.2, 0.25) is 0 Å². The molecule has 2 N–H and O–H groups in total. The summed E-state index contributed by atoms with van der Waals surface area (Å²) in [5, 5.41) is 21.5. The quantitative estimate of drug-likeness (QED) is 0.269. The van der Waals surface area contributed by atoms with Crippen molar-refractivity contribution in [1.82, 2.24) is 0 Å². The van der Waals surface area contributed by atoms with Gasteiger partial charge in [-0.15, -0.1) is 0 Å². The van der Waals surface area contributed by atoms with Crippen LogP contribution in [-0.2, 0) is 12.8 Å². The maximum absolute atomic E-state index is 14.9. The van der Waals surface area contributed by atoms with E-state index >= 15 is 0 Å². The minimum Gasteiger partial charge on any atom is -0.508 e. The van der Waals surface area contributed by atoms with Crippen LogP contribution in [0.5, 0.6) is 17.2 Å². The summed E-state index contributed by atoms with van der Waals surface area (Å²) >= 11 is 0. The smallest absolute Gasteiger partial charge is 0.389 e. The highest BCUT2D eigenvalue weighted by Gasteiger charge is 2.30. The Balaban J connectivity index is 2.20. The number of hydrogen-bond acceptors (Lipinski definition) is 3. The van der Waals surface area contributed by atoms with Gasteiger partial charge in [0.15, 0.2) is 0 Å². The number of phenolic OH excluding ortho intramolecular Hbond substituents is 2. The maximum Gasteiger partial charge on any atom is 0.389 e. The van der Waals surface area contributed by atoms with Gasteiger partial charge in [-0.2, -0.15) is 13.2 Å². The van der Waals surface area contributed by atoms with Gasteiger partial charge < -0.3 is 14.9 Å². The third kappa shape index (κ3) is 5.61. The Morgan fingerprint density at radius 2 is 1.35 bits per heavy atom. The topological polar surface area (TPSA) is 49.7 Å². The second-order valence-corrected chi connectivity index (χ2v) is 8.05. The average Bonchev–Trinajstić information content (AvgIpc) is 2.78. The molecule has 3 nitrogen and oxygen atoms in total. The number of hydrogen-bond donors (Lipinski definition) is 2. The Morgan fingerprint density at radius 3 is 1.85 bits per heavy atom. The molecular weight excluding hydrogens is 455 g/mol. The van der Waals surface area contributed by atoms with E-state index in [9.17, 15) is 32.2 Å². The Hall–Kier alpha value is -3.29. The second kappa shape index (κ2) is 10.3. The van der Waals surface area contributed by atoms with Gasteiger partial charge in [0, 0.05) is 29.0 Å². The van der Waals surface area contributed by atoms with Gasteiger partial charge in [0.05, 0.1) is 7.11 Å². The molecule has 0 aromatic heterocycles. The highest BCUT2D eigenvalue weighted by molar-refractivity contribution is 5.57. The van der Waals surface area contributed by atoms with E-state index in [1.807, 2.05) is 6.92 Å². The van der Waals surface area contributed by atoms with Crippen LogP contribution in [0.4, 0.5) is 22.0 Å². The van der Waals surface area contributed by atoms with E-state index in [4.69, 9.17) is 4.74 Å². The molecule has 3 rings (SSSR count). The lowest BCUT2D eigenvalue weighted by atomic mass is 9.82. The standard InChI is InChI=1S/C26H25F5O3/c1-3-6-15-11-22(32)18(13-20(15)27)25(17-7-4-5-8-24(17)34-2)19-14-21(28)16(12-23(19)33)9-10-26(29,30)31/h4-5,7-8,11-14,25,32-33H,3,6,9-10H2,1-2H3. The predicted octanol–water partition coefficient (Wildman–Crippen LogP) is 7.01. The molecule has 0 bridgehead atoms. The molecule has 0 aliphatic carbocycles. The molecule has 1 atom stereocenters. The summed E-state index contributed by atoms with van der Waals surface area (Å²) in [5.74, 6) is -2.98. The minimum atomic E-state index is -4.48. The highest BCUT2D eigenvalue weighted by atomic mass is 19.4. The summed E-state index contributed by atoms with van der Waals surface area (Å²) < 4.78 is 73.0. The van der Waals surface area contributed by atoms with Gasteiger partial charge in [-0.05, 0) is 54.3 Å². The van der Waals surface area contributed by atoms with Gasteiger partial charge in [-0.25, -0.2) is 8.78 Å². The maximum atomic E-state index is 14.9. The zero-order chi connectivity index (χ0) is 25.0. The SMILES string of the molecule is CCCc1cc(O)c(C(c2cc(F)c(CCC(F)(F)F)cc2O)c2ccccc2OC)cc1F. The number of halogens is 5. The summed E-state index contributed by atoms with van der Waals surface area (Å²) in [6.07, 6.45) is -5.33. The van der Waals surface area contributed by atoms with Gasteiger partial charge in [0.1, 0.15) is 28.9 Å². The zero-order valence-electron chi connectivity index (χ0n) is 18.7. The van der Waals surface area contributed by atoms with Crippen LogP contribution in [0.25, 0.3) is 0 Å². The first kappa shape index (κ1) is 25.3. The lowest BCUT2D eigenvalue weighted by Crippen LogP contribution is -2.11. The first-order valence-electron chi connectivity index (χ1n) is 10.8. The van der Waals surface area contributed by atoms with Crippen molar-refractivity contribution in [3.8, 4) is 17.2 Å². The lowest BCUT2D eigenvalue weighted by Gasteiger charge is -2.24. The van der Waals surface area contributed by atoms with E-state index in [2.05, 4.69) is 0 Å². The summed E-state index contributed by atoms with van der Waals surface area (Å²) in [6.45, 7) is 1.86. The van der Waals surface area contributed by atoms with Crippen LogP contribution in [0.2, 0.25) is 0 Å². The Bertz CT molecular complexity index is 1160. The Kier molecular flexibility index (Phi) is 7.69. The minimum absolute atomic E-state index is 0.0456. The summed E-state index contributed by atoms with van der Waals surface area (Å²) in [6, 6.07) is 10.9. The number of aromatic hydroxyl groups is 2. The van der Waals surface area contributed by atoms with E-state index in [0.717, 1.165) is 18.2 Å². The fourth-order valence-corrected chi connectivity index (χ4v) is 4.04. The van der Waals surface area contributed by atoms with Crippen LogP contribution in [0.1, 0.15) is 53.5 Å². The Morgan fingerprint density at radius 1 is 0.824 bits per heavy atom. The van der Waals surface area contributed by atoms with Crippen molar-refractivity contribution in [1.29, 1.82) is 0 Å². The number of aryl methyl sites for hydroxylation is 2. The molecule has 3 aromatic carbocycles. The first-order valence-corrected chi connectivity index (χ1v) is 10.8. The molecule has 0 heterocycles.